The van der Waals surface area contributed by atoms with Crippen molar-refractivity contribution in [1.82, 2.24) is 16.2 Å². The second-order valence-electron chi connectivity index (χ2n) is 1.84. The molecule has 1 unspecified atom stereocenters. The van der Waals surface area contributed by atoms with Gasteiger partial charge in [-0.15, -0.1) is 0 Å². The van der Waals surface area contributed by atoms with Crippen molar-refractivity contribution in [2.24, 2.45) is 0 Å². The minimum Gasteiger partial charge on any atom is -0.480 e. The minimum absolute atomic E-state index is 0.475. The van der Waals surface area contributed by atoms with Gasteiger partial charge in [-0.25, -0.2) is 10.9 Å². The zero-order valence-electron chi connectivity index (χ0n) is 4.85. The normalized spacial score (nSPS) is 27.8. The first-order chi connectivity index (χ1) is 4.30. The van der Waals surface area contributed by atoms with Crippen molar-refractivity contribution >= 4 is 5.97 Å². The Morgan fingerprint density at radius 1 is 1.67 bits per heavy atom. The van der Waals surface area contributed by atoms with Crippen molar-refractivity contribution in [3.05, 3.63) is 0 Å². The number of carboxylic acid groups (broad SMARTS) is 1. The SMILES string of the molecule is O=C(O)C1CNCNN1. The molecule has 0 aromatic carbocycles. The molecule has 0 amide bonds. The molecule has 1 saturated heterocycles. The fourth-order valence-corrected chi connectivity index (χ4v) is 0.653. The summed E-state index contributed by atoms with van der Waals surface area (Å²) in [6.07, 6.45) is 0. The number of hydrogen-bond acceptors (Lipinski definition) is 4. The van der Waals surface area contributed by atoms with Gasteiger partial charge in [0, 0.05) is 6.54 Å². The maximum absolute atomic E-state index is 10.2. The highest BCUT2D eigenvalue weighted by molar-refractivity contribution is 5.73. The zero-order valence-corrected chi connectivity index (χ0v) is 4.85. The van der Waals surface area contributed by atoms with Gasteiger partial charge >= 0.3 is 5.97 Å². The number of carbonyl (C=O) groups is 1. The molecule has 0 aromatic heterocycles. The van der Waals surface area contributed by atoms with Crippen LogP contribution in [0.15, 0.2) is 0 Å². The van der Waals surface area contributed by atoms with Crippen LogP contribution in [0, 0.1) is 0 Å². The number of aliphatic carboxylic acids is 1. The van der Waals surface area contributed by atoms with Gasteiger partial charge in [-0.2, -0.15) is 0 Å². The molecule has 1 heterocycles. The molecule has 1 aliphatic heterocycles. The molecule has 0 aromatic rings. The number of hydrazine groups is 1. The molecular formula is C4H9N3O2. The largest absolute Gasteiger partial charge is 0.480 e. The molecule has 0 spiro atoms. The van der Waals surface area contributed by atoms with E-state index in [1.165, 1.54) is 0 Å². The van der Waals surface area contributed by atoms with E-state index in [1.54, 1.807) is 0 Å². The van der Waals surface area contributed by atoms with E-state index in [2.05, 4.69) is 16.2 Å². The summed E-state index contributed by atoms with van der Waals surface area (Å²) >= 11 is 0. The third-order valence-electron chi connectivity index (χ3n) is 1.14. The van der Waals surface area contributed by atoms with Crippen molar-refractivity contribution in [3.8, 4) is 0 Å². The Labute approximate surface area is 52.4 Å². The highest BCUT2D eigenvalue weighted by Gasteiger charge is 2.18. The van der Waals surface area contributed by atoms with Crippen LogP contribution in [0.4, 0.5) is 0 Å². The van der Waals surface area contributed by atoms with Crippen molar-refractivity contribution in [2.75, 3.05) is 13.2 Å². The average molecular weight is 131 g/mol. The Morgan fingerprint density at radius 3 is 2.78 bits per heavy atom. The van der Waals surface area contributed by atoms with Gasteiger partial charge < -0.3 is 10.4 Å². The first-order valence-corrected chi connectivity index (χ1v) is 2.72. The van der Waals surface area contributed by atoms with Crippen LogP contribution in [0.3, 0.4) is 0 Å². The lowest BCUT2D eigenvalue weighted by atomic mass is 10.3. The number of rotatable bonds is 1. The van der Waals surface area contributed by atoms with Gasteiger partial charge in [0.1, 0.15) is 6.04 Å². The predicted octanol–water partition coefficient (Wildman–Crippen LogP) is -1.91. The summed E-state index contributed by atoms with van der Waals surface area (Å²) in [4.78, 5) is 10.2. The van der Waals surface area contributed by atoms with Crippen molar-refractivity contribution < 1.29 is 9.90 Å². The maximum atomic E-state index is 10.2. The van der Waals surface area contributed by atoms with Crippen LogP contribution in [0.1, 0.15) is 0 Å². The van der Waals surface area contributed by atoms with Crippen LogP contribution in [0.5, 0.6) is 0 Å². The molecule has 0 aliphatic carbocycles. The molecule has 1 atom stereocenters. The molecule has 9 heavy (non-hydrogen) atoms. The summed E-state index contributed by atoms with van der Waals surface area (Å²) in [5.74, 6) is -0.838. The minimum atomic E-state index is -0.838. The van der Waals surface area contributed by atoms with E-state index in [1.807, 2.05) is 0 Å². The van der Waals surface area contributed by atoms with Crippen LogP contribution in [-0.2, 0) is 4.79 Å². The molecule has 4 N–H and O–H groups in total. The fourth-order valence-electron chi connectivity index (χ4n) is 0.653. The monoisotopic (exact) mass is 131 g/mol. The summed E-state index contributed by atoms with van der Waals surface area (Å²) in [6.45, 7) is 1.09. The van der Waals surface area contributed by atoms with Gasteiger partial charge in [0.05, 0.1) is 6.67 Å². The molecule has 0 radical (unpaired) electrons. The lowest BCUT2D eigenvalue weighted by Crippen LogP contribution is -2.58. The van der Waals surface area contributed by atoms with Crippen molar-refractivity contribution in [1.29, 1.82) is 0 Å². The summed E-state index contributed by atoms with van der Waals surface area (Å²) in [5.41, 5.74) is 5.28. The fraction of sp³-hybridized carbons (Fsp3) is 0.750. The smallest absolute Gasteiger partial charge is 0.323 e. The van der Waals surface area contributed by atoms with Gasteiger partial charge in [-0.3, -0.25) is 4.79 Å². The van der Waals surface area contributed by atoms with E-state index in [9.17, 15) is 4.79 Å². The molecule has 1 rings (SSSR count). The number of nitrogens with one attached hydrogen (secondary N) is 3. The van der Waals surface area contributed by atoms with Crippen LogP contribution in [-0.4, -0.2) is 30.3 Å². The van der Waals surface area contributed by atoms with E-state index in [4.69, 9.17) is 5.11 Å². The first kappa shape index (κ1) is 6.47. The molecule has 5 nitrogen and oxygen atoms in total. The van der Waals surface area contributed by atoms with E-state index in [0.717, 1.165) is 0 Å². The van der Waals surface area contributed by atoms with Crippen LogP contribution in [0.2, 0.25) is 0 Å². The molecule has 0 bridgehead atoms. The lowest BCUT2D eigenvalue weighted by Gasteiger charge is -2.21. The molecular weight excluding hydrogens is 122 g/mol. The predicted molar refractivity (Wildman–Crippen MR) is 30.6 cm³/mol. The zero-order chi connectivity index (χ0) is 6.69. The van der Waals surface area contributed by atoms with E-state index < -0.39 is 12.0 Å². The van der Waals surface area contributed by atoms with Crippen molar-refractivity contribution in [3.63, 3.8) is 0 Å². The molecule has 5 heteroatoms. The maximum Gasteiger partial charge on any atom is 0.323 e. The van der Waals surface area contributed by atoms with E-state index >= 15 is 0 Å². The Kier molecular flexibility index (Phi) is 1.99. The Balaban J connectivity index is 2.31. The summed E-state index contributed by atoms with van der Waals surface area (Å²) in [7, 11) is 0. The lowest BCUT2D eigenvalue weighted by molar-refractivity contribution is -0.140. The van der Waals surface area contributed by atoms with Crippen LogP contribution in [0.25, 0.3) is 0 Å². The summed E-state index contributed by atoms with van der Waals surface area (Å²) < 4.78 is 0. The van der Waals surface area contributed by atoms with Gasteiger partial charge in [-0.1, -0.05) is 0 Å². The Hall–Kier alpha value is -0.650. The first-order valence-electron chi connectivity index (χ1n) is 2.72. The number of carboxylic acids is 1. The third-order valence-corrected chi connectivity index (χ3v) is 1.14. The standard InChI is InChI=1S/C4H9N3O2/c8-4(9)3-1-5-2-6-7-3/h3,5-7H,1-2H2,(H,8,9). The molecule has 1 aliphatic rings. The number of hydrogen-bond donors (Lipinski definition) is 4. The third kappa shape index (κ3) is 1.63. The Morgan fingerprint density at radius 2 is 2.44 bits per heavy atom. The van der Waals surface area contributed by atoms with Crippen molar-refractivity contribution in [2.45, 2.75) is 6.04 Å². The highest BCUT2D eigenvalue weighted by atomic mass is 16.4. The topological polar surface area (TPSA) is 73.4 Å². The highest BCUT2D eigenvalue weighted by Crippen LogP contribution is 1.81. The van der Waals surface area contributed by atoms with Crippen LogP contribution >= 0.6 is 0 Å². The van der Waals surface area contributed by atoms with Crippen LogP contribution < -0.4 is 16.2 Å². The molecule has 1 fully saturated rings. The average Bonchev–Trinajstić information content (AvgIpc) is 1.90. The summed E-state index contributed by atoms with van der Waals surface area (Å²) in [5, 5.41) is 11.3. The molecule has 0 saturated carbocycles. The second-order valence-corrected chi connectivity index (χ2v) is 1.84. The van der Waals surface area contributed by atoms with Gasteiger partial charge in [0.15, 0.2) is 0 Å². The Bertz CT molecular complexity index is 110. The quantitative estimate of drug-likeness (QED) is 0.334. The van der Waals surface area contributed by atoms with Gasteiger partial charge in [-0.05, 0) is 0 Å². The molecule has 52 valence electrons. The van der Waals surface area contributed by atoms with E-state index in [0.29, 0.717) is 13.2 Å². The van der Waals surface area contributed by atoms with E-state index in [-0.39, 0.29) is 0 Å². The van der Waals surface area contributed by atoms with Gasteiger partial charge in [0.2, 0.25) is 0 Å². The second kappa shape index (κ2) is 2.77. The van der Waals surface area contributed by atoms with Gasteiger partial charge in [0.25, 0.3) is 0 Å². The summed E-state index contributed by atoms with van der Waals surface area (Å²) in [6, 6.07) is -0.501.